The highest BCUT2D eigenvalue weighted by Gasteiger charge is 2.17. The number of hydrogen-bond donors (Lipinski definition) is 1. The maximum atomic E-state index is 9.57. The molecule has 140 valence electrons. The van der Waals surface area contributed by atoms with E-state index in [0.717, 1.165) is 24.0 Å². The highest BCUT2D eigenvalue weighted by Crippen LogP contribution is 2.29. The molecular formula is C21H19N5O2. The molecule has 3 heterocycles. The maximum absolute atomic E-state index is 9.57. The van der Waals surface area contributed by atoms with Crippen molar-refractivity contribution in [3.63, 3.8) is 0 Å². The first-order chi connectivity index (χ1) is 13.8. The van der Waals surface area contributed by atoms with E-state index in [2.05, 4.69) is 26.3 Å². The molecular weight excluding hydrogens is 354 g/mol. The van der Waals surface area contributed by atoms with Gasteiger partial charge < -0.3 is 14.8 Å². The number of ether oxygens (including phenoxy) is 2. The molecule has 3 aromatic rings. The van der Waals surface area contributed by atoms with Crippen molar-refractivity contribution in [1.29, 1.82) is 5.26 Å². The van der Waals surface area contributed by atoms with E-state index in [1.54, 1.807) is 24.7 Å². The van der Waals surface area contributed by atoms with Gasteiger partial charge in [-0.3, -0.25) is 0 Å². The Balaban J connectivity index is 1.55. The number of nitrogens with zero attached hydrogens (tertiary/aromatic N) is 4. The van der Waals surface area contributed by atoms with Crippen LogP contribution in [-0.4, -0.2) is 34.3 Å². The van der Waals surface area contributed by atoms with Crippen LogP contribution in [0.25, 0.3) is 11.1 Å². The van der Waals surface area contributed by atoms with Crippen LogP contribution < -0.4 is 10.1 Å². The average molecular weight is 373 g/mol. The van der Waals surface area contributed by atoms with E-state index >= 15 is 0 Å². The molecule has 0 radical (unpaired) electrons. The van der Waals surface area contributed by atoms with Crippen molar-refractivity contribution in [3.8, 4) is 22.9 Å². The molecule has 1 fully saturated rings. The van der Waals surface area contributed by atoms with E-state index in [1.807, 2.05) is 30.3 Å². The molecule has 1 N–H and O–H groups in total. The Morgan fingerprint density at radius 3 is 2.57 bits per heavy atom. The fraction of sp³-hybridized carbons (Fsp3) is 0.238. The zero-order valence-corrected chi connectivity index (χ0v) is 15.2. The molecule has 0 atom stereocenters. The highest BCUT2D eigenvalue weighted by atomic mass is 16.5. The Hall–Kier alpha value is -3.50. The van der Waals surface area contributed by atoms with Crippen molar-refractivity contribution >= 4 is 11.8 Å². The van der Waals surface area contributed by atoms with Crippen LogP contribution in [-0.2, 0) is 4.74 Å². The number of anilines is 2. The minimum Gasteiger partial charge on any atom is -0.489 e. The number of aromatic nitrogens is 3. The van der Waals surface area contributed by atoms with Gasteiger partial charge in [-0.1, -0.05) is 6.07 Å². The van der Waals surface area contributed by atoms with Crippen LogP contribution in [0.5, 0.6) is 5.75 Å². The number of benzene rings is 1. The first-order valence-corrected chi connectivity index (χ1v) is 9.11. The van der Waals surface area contributed by atoms with Gasteiger partial charge in [0.2, 0.25) is 5.95 Å². The molecule has 1 aliphatic rings. The van der Waals surface area contributed by atoms with Crippen LogP contribution in [0, 0.1) is 11.3 Å². The van der Waals surface area contributed by atoms with E-state index in [9.17, 15) is 5.26 Å². The van der Waals surface area contributed by atoms with E-state index in [1.165, 1.54) is 0 Å². The van der Waals surface area contributed by atoms with Gasteiger partial charge in [0.1, 0.15) is 23.7 Å². The van der Waals surface area contributed by atoms with Crippen molar-refractivity contribution in [2.45, 2.75) is 18.9 Å². The number of hydrogen-bond acceptors (Lipinski definition) is 7. The normalized spacial score (nSPS) is 14.2. The second kappa shape index (κ2) is 8.46. The Bertz CT molecular complexity index is 982. The van der Waals surface area contributed by atoms with Gasteiger partial charge in [-0.15, -0.1) is 0 Å². The first kappa shape index (κ1) is 17.9. The summed E-state index contributed by atoms with van der Waals surface area (Å²) in [6.45, 7) is 1.39. The van der Waals surface area contributed by atoms with Crippen molar-refractivity contribution < 1.29 is 9.47 Å². The van der Waals surface area contributed by atoms with Gasteiger partial charge in [0, 0.05) is 31.4 Å². The monoisotopic (exact) mass is 373 g/mol. The lowest BCUT2D eigenvalue weighted by Crippen LogP contribution is -2.26. The quantitative estimate of drug-likeness (QED) is 0.728. The second-order valence-corrected chi connectivity index (χ2v) is 6.38. The minimum absolute atomic E-state index is 0.0919. The third kappa shape index (κ3) is 4.24. The van der Waals surface area contributed by atoms with Crippen LogP contribution in [0.15, 0.2) is 55.0 Å². The zero-order valence-electron chi connectivity index (χ0n) is 15.2. The van der Waals surface area contributed by atoms with Gasteiger partial charge in [0.25, 0.3) is 0 Å². The summed E-state index contributed by atoms with van der Waals surface area (Å²) >= 11 is 0. The predicted octanol–water partition coefficient (Wildman–Crippen LogP) is 3.71. The second-order valence-electron chi connectivity index (χ2n) is 6.38. The molecule has 1 aliphatic heterocycles. The lowest BCUT2D eigenvalue weighted by Gasteiger charge is -2.23. The van der Waals surface area contributed by atoms with Gasteiger partial charge in [-0.25, -0.2) is 15.0 Å². The summed E-state index contributed by atoms with van der Waals surface area (Å²) in [5.74, 6) is 1.72. The molecule has 7 nitrogen and oxygen atoms in total. The van der Waals surface area contributed by atoms with E-state index in [-0.39, 0.29) is 6.10 Å². The molecule has 2 aromatic heterocycles. The summed E-state index contributed by atoms with van der Waals surface area (Å²) in [6, 6.07) is 13.4. The van der Waals surface area contributed by atoms with Crippen molar-refractivity contribution in [3.05, 3.63) is 60.6 Å². The van der Waals surface area contributed by atoms with E-state index < -0.39 is 0 Å². The SMILES string of the molecule is N#Cc1cc(-c2ccnc(Nc3ncccn3)c2)ccc1OC1CCOCC1. The number of rotatable bonds is 5. The molecule has 28 heavy (non-hydrogen) atoms. The van der Waals surface area contributed by atoms with Gasteiger partial charge in [-0.05, 0) is 41.5 Å². The van der Waals surface area contributed by atoms with Crippen molar-refractivity contribution in [2.75, 3.05) is 18.5 Å². The fourth-order valence-corrected chi connectivity index (χ4v) is 3.03. The van der Waals surface area contributed by atoms with Gasteiger partial charge >= 0.3 is 0 Å². The lowest BCUT2D eigenvalue weighted by molar-refractivity contribution is 0.0254. The van der Waals surface area contributed by atoms with Gasteiger partial charge in [-0.2, -0.15) is 5.26 Å². The first-order valence-electron chi connectivity index (χ1n) is 9.11. The number of nitrogens with one attached hydrogen (secondary N) is 1. The summed E-state index contributed by atoms with van der Waals surface area (Å²) in [6.07, 6.45) is 6.81. The van der Waals surface area contributed by atoms with Crippen LogP contribution in [0.4, 0.5) is 11.8 Å². The smallest absolute Gasteiger partial charge is 0.228 e. The Kier molecular flexibility index (Phi) is 5.41. The molecule has 0 spiro atoms. The van der Waals surface area contributed by atoms with Crippen LogP contribution in [0.3, 0.4) is 0 Å². The maximum Gasteiger partial charge on any atom is 0.228 e. The standard InChI is InChI=1S/C21H19N5O2/c22-14-17-12-15(2-3-19(17)28-18-5-10-27-11-6-18)16-4-9-23-20(13-16)26-21-24-7-1-8-25-21/h1-4,7-9,12-13,18H,5-6,10-11H2,(H,23,24,25,26). The molecule has 0 aliphatic carbocycles. The van der Waals surface area contributed by atoms with Crippen molar-refractivity contribution in [2.24, 2.45) is 0 Å². The summed E-state index contributed by atoms with van der Waals surface area (Å²) in [4.78, 5) is 12.6. The van der Waals surface area contributed by atoms with Crippen LogP contribution in [0.2, 0.25) is 0 Å². The summed E-state index contributed by atoms with van der Waals surface area (Å²) in [5, 5.41) is 12.6. The number of nitriles is 1. The van der Waals surface area contributed by atoms with Gasteiger partial charge in [0.05, 0.1) is 18.8 Å². The van der Waals surface area contributed by atoms with Crippen LogP contribution >= 0.6 is 0 Å². The minimum atomic E-state index is 0.0919. The van der Waals surface area contributed by atoms with Crippen molar-refractivity contribution in [1.82, 2.24) is 15.0 Å². The third-order valence-electron chi connectivity index (χ3n) is 4.46. The Labute approximate surface area is 163 Å². The molecule has 7 heteroatoms. The molecule has 1 saturated heterocycles. The van der Waals surface area contributed by atoms with E-state index in [0.29, 0.717) is 36.3 Å². The largest absolute Gasteiger partial charge is 0.489 e. The molecule has 1 aromatic carbocycles. The van der Waals surface area contributed by atoms with Gasteiger partial charge in [0.15, 0.2) is 0 Å². The molecule has 0 unspecified atom stereocenters. The molecule has 0 bridgehead atoms. The highest BCUT2D eigenvalue weighted by molar-refractivity contribution is 5.70. The zero-order chi connectivity index (χ0) is 19.2. The molecule has 4 rings (SSSR count). The summed E-state index contributed by atoms with van der Waals surface area (Å²) < 4.78 is 11.4. The lowest BCUT2D eigenvalue weighted by atomic mass is 10.0. The topological polar surface area (TPSA) is 93.0 Å². The Morgan fingerprint density at radius 2 is 1.79 bits per heavy atom. The molecule has 0 amide bonds. The summed E-state index contributed by atoms with van der Waals surface area (Å²) in [5.41, 5.74) is 2.36. The third-order valence-corrected chi connectivity index (χ3v) is 4.46. The average Bonchev–Trinajstić information content (AvgIpc) is 2.76. The molecule has 0 saturated carbocycles. The number of pyridine rings is 1. The van der Waals surface area contributed by atoms with E-state index in [4.69, 9.17) is 9.47 Å². The predicted molar refractivity (Wildman–Crippen MR) is 104 cm³/mol. The van der Waals surface area contributed by atoms with Crippen LogP contribution in [0.1, 0.15) is 18.4 Å². The Morgan fingerprint density at radius 1 is 1.00 bits per heavy atom. The fourth-order valence-electron chi connectivity index (χ4n) is 3.03. The summed E-state index contributed by atoms with van der Waals surface area (Å²) in [7, 11) is 0.